The molecule has 0 spiro atoms. The molecule has 9 rings (SSSR count). The normalized spacial score (nSPS) is 14.9. The van der Waals surface area contributed by atoms with Crippen molar-refractivity contribution in [2.75, 3.05) is 45.9 Å². The van der Waals surface area contributed by atoms with E-state index in [0.717, 1.165) is 78.0 Å². The third-order valence-corrected chi connectivity index (χ3v) is 10.9. The summed E-state index contributed by atoms with van der Waals surface area (Å²) >= 11 is 0. The van der Waals surface area contributed by atoms with Crippen molar-refractivity contribution in [2.45, 2.75) is 13.3 Å². The molecule has 10 nitrogen and oxygen atoms in total. The summed E-state index contributed by atoms with van der Waals surface area (Å²) in [5.41, 5.74) is 6.89. The first-order chi connectivity index (χ1) is 30.2. The fraction of sp³-hybridized carbons (Fsp3) is 0.176. The molecular weight excluding hydrogens is 786 g/mol. The maximum atomic E-state index is 13.9. The monoisotopic (exact) mass is 829 g/mol. The number of benzene rings is 6. The summed E-state index contributed by atoms with van der Waals surface area (Å²) in [4.78, 5) is 34.1. The summed E-state index contributed by atoms with van der Waals surface area (Å²) < 4.78 is 31.2. The Kier molecular flexibility index (Phi) is 12.7. The van der Waals surface area contributed by atoms with E-state index in [1.807, 2.05) is 79.7 Å². The number of carboxylic acid groups (broad SMARTS) is 2. The number of fused-ring (bicyclic) bond motifs is 1. The molecular formula is C51H44FN3O7. The molecule has 1 fully saturated rings. The molecule has 3 aliphatic rings. The van der Waals surface area contributed by atoms with Gasteiger partial charge in [0.05, 0.1) is 26.3 Å². The number of hydrogen-bond donors (Lipinski definition) is 2. The van der Waals surface area contributed by atoms with Crippen molar-refractivity contribution in [2.24, 2.45) is 9.98 Å². The summed E-state index contributed by atoms with van der Waals surface area (Å²) in [7, 11) is 0. The van der Waals surface area contributed by atoms with Gasteiger partial charge in [0, 0.05) is 36.5 Å². The lowest BCUT2D eigenvalue weighted by Gasteiger charge is -2.26. The van der Waals surface area contributed by atoms with Crippen LogP contribution < -0.4 is 9.47 Å². The lowest BCUT2D eigenvalue weighted by molar-refractivity contribution is 0.0384. The average molecular weight is 830 g/mol. The molecule has 0 saturated carbocycles. The molecule has 3 heterocycles. The minimum Gasteiger partial charge on any atom is -0.478 e. The molecule has 0 radical (unpaired) electrons. The van der Waals surface area contributed by atoms with Gasteiger partial charge >= 0.3 is 11.9 Å². The molecule has 6 aromatic carbocycles. The first kappa shape index (κ1) is 41.5. The second kappa shape index (κ2) is 19.0. The van der Waals surface area contributed by atoms with Crippen molar-refractivity contribution < 1.29 is 38.4 Å². The first-order valence-corrected chi connectivity index (χ1v) is 20.4. The standard InChI is InChI=1S/C29H27FN2O4.C22H17NO3/c30-28-25(10-12-31-28)23-8-9-27(26(19-23)29(33)34)36-24-3-1-2-22(18-24)21-6-4-20(5-7-21)11-13-32-14-16-35-17-15-32;1-14-19(10-11-23-14)17-7-9-21(20(13-17)22(24)25)26-18-8-6-15-4-2-3-5-16(15)12-18/h1-10,18-19H,11-17H2,(H,33,34);2-10,12-13H,11H2,1H3,(H,24,25). The van der Waals surface area contributed by atoms with Crippen molar-refractivity contribution in [3.8, 4) is 34.1 Å². The van der Waals surface area contributed by atoms with Gasteiger partial charge < -0.3 is 24.4 Å². The summed E-state index contributed by atoms with van der Waals surface area (Å²) in [6.07, 6.45) is 4.62. The van der Waals surface area contributed by atoms with Crippen LogP contribution in [0.15, 0.2) is 150 Å². The number of nitrogens with zero attached hydrogens (tertiary/aromatic N) is 3. The number of allylic oxidation sites excluding steroid dienone is 2. The van der Waals surface area contributed by atoms with Gasteiger partial charge in [0.2, 0.25) is 5.97 Å². The maximum Gasteiger partial charge on any atom is 0.339 e. The molecule has 0 bridgehead atoms. The fourth-order valence-electron chi connectivity index (χ4n) is 7.56. The van der Waals surface area contributed by atoms with Gasteiger partial charge in [-0.2, -0.15) is 4.39 Å². The van der Waals surface area contributed by atoms with Crippen LogP contribution in [0.2, 0.25) is 0 Å². The molecule has 0 atom stereocenters. The zero-order chi connectivity index (χ0) is 43.0. The smallest absolute Gasteiger partial charge is 0.339 e. The van der Waals surface area contributed by atoms with Crippen LogP contribution in [0, 0.1) is 0 Å². The molecule has 2 N–H and O–H groups in total. The molecule has 62 heavy (non-hydrogen) atoms. The van der Waals surface area contributed by atoms with Crippen LogP contribution in [-0.4, -0.2) is 84.7 Å². The van der Waals surface area contributed by atoms with E-state index in [1.54, 1.807) is 36.4 Å². The first-order valence-electron chi connectivity index (χ1n) is 20.4. The van der Waals surface area contributed by atoms with Gasteiger partial charge in [0.1, 0.15) is 34.1 Å². The molecule has 0 aliphatic carbocycles. The molecule has 11 heteroatoms. The second-order valence-electron chi connectivity index (χ2n) is 15.0. The van der Waals surface area contributed by atoms with Crippen LogP contribution in [0.1, 0.15) is 44.3 Å². The zero-order valence-electron chi connectivity index (χ0n) is 34.1. The van der Waals surface area contributed by atoms with E-state index in [4.69, 9.17) is 14.2 Å². The SMILES string of the molecule is CC1=NCC=C1c1ccc(Oc2ccc3ccccc3c2)c(C(=O)O)c1.O=C(O)c1cc(C2=CCN=C2F)ccc1Oc1cccc(-c2ccc(CCN3CCOCC3)cc2)c1. The summed E-state index contributed by atoms with van der Waals surface area (Å²) in [6, 6.07) is 39.5. The number of aliphatic imine (C=N–C) groups is 2. The third kappa shape index (κ3) is 9.87. The highest BCUT2D eigenvalue weighted by atomic mass is 19.1. The number of hydrogen-bond acceptors (Lipinski definition) is 8. The molecule has 0 aromatic heterocycles. The predicted molar refractivity (Wildman–Crippen MR) is 241 cm³/mol. The van der Waals surface area contributed by atoms with Gasteiger partial charge in [0.15, 0.2) is 0 Å². The Morgan fingerprint density at radius 3 is 1.89 bits per heavy atom. The third-order valence-electron chi connectivity index (χ3n) is 10.9. The van der Waals surface area contributed by atoms with Crippen LogP contribution in [0.3, 0.4) is 0 Å². The topological polar surface area (TPSA) is 130 Å². The molecule has 1 saturated heterocycles. The van der Waals surface area contributed by atoms with Crippen molar-refractivity contribution in [3.05, 3.63) is 167 Å². The van der Waals surface area contributed by atoms with E-state index in [9.17, 15) is 24.2 Å². The number of carboxylic acids is 2. The van der Waals surface area contributed by atoms with Crippen LogP contribution in [0.25, 0.3) is 33.0 Å². The van der Waals surface area contributed by atoms with E-state index in [-0.39, 0.29) is 23.4 Å². The predicted octanol–water partition coefficient (Wildman–Crippen LogP) is 10.7. The largest absolute Gasteiger partial charge is 0.478 e. The quantitative estimate of drug-likeness (QED) is 0.125. The van der Waals surface area contributed by atoms with Crippen molar-refractivity contribution in [1.82, 2.24) is 4.90 Å². The highest BCUT2D eigenvalue weighted by Crippen LogP contribution is 2.34. The number of aromatic carboxylic acids is 2. The van der Waals surface area contributed by atoms with Crippen LogP contribution in [0.4, 0.5) is 4.39 Å². The Labute approximate surface area is 358 Å². The number of halogens is 1. The molecule has 0 unspecified atom stereocenters. The Bertz CT molecular complexity index is 2770. The number of morpholine rings is 1. The van der Waals surface area contributed by atoms with Gasteiger partial charge in [-0.25, -0.2) is 9.59 Å². The lowest BCUT2D eigenvalue weighted by Crippen LogP contribution is -2.37. The minimum absolute atomic E-state index is 0.0388. The van der Waals surface area contributed by atoms with Crippen LogP contribution in [-0.2, 0) is 11.2 Å². The number of rotatable bonds is 12. The lowest BCUT2D eigenvalue weighted by atomic mass is 10.00. The molecule has 0 amide bonds. The maximum absolute atomic E-state index is 13.9. The highest BCUT2D eigenvalue weighted by Gasteiger charge is 2.20. The fourth-order valence-corrected chi connectivity index (χ4v) is 7.56. The molecule has 6 aromatic rings. The van der Waals surface area contributed by atoms with Gasteiger partial charge in [-0.05, 0) is 100 Å². The summed E-state index contributed by atoms with van der Waals surface area (Å²) in [5, 5.41) is 21.5. The van der Waals surface area contributed by atoms with Gasteiger partial charge in [-0.15, -0.1) is 0 Å². The Hall–Kier alpha value is -7.21. The van der Waals surface area contributed by atoms with E-state index < -0.39 is 17.9 Å². The number of ether oxygens (including phenoxy) is 3. The van der Waals surface area contributed by atoms with E-state index in [0.29, 0.717) is 34.9 Å². The van der Waals surface area contributed by atoms with E-state index in [1.165, 1.54) is 11.6 Å². The van der Waals surface area contributed by atoms with Crippen molar-refractivity contribution >= 4 is 45.5 Å². The Balaban J connectivity index is 0.000000180. The summed E-state index contributed by atoms with van der Waals surface area (Å²) in [5.74, 6) is -1.10. The Morgan fingerprint density at radius 2 is 1.26 bits per heavy atom. The van der Waals surface area contributed by atoms with Gasteiger partial charge in [0.25, 0.3) is 0 Å². The van der Waals surface area contributed by atoms with Gasteiger partial charge in [-0.1, -0.05) is 91.0 Å². The average Bonchev–Trinajstić information content (AvgIpc) is 3.94. The highest BCUT2D eigenvalue weighted by molar-refractivity contribution is 6.24. The number of carbonyl (C=O) groups is 2. The van der Waals surface area contributed by atoms with Crippen LogP contribution in [0.5, 0.6) is 23.0 Å². The van der Waals surface area contributed by atoms with E-state index >= 15 is 0 Å². The minimum atomic E-state index is -1.15. The second-order valence-corrected chi connectivity index (χ2v) is 15.0. The van der Waals surface area contributed by atoms with Crippen LogP contribution >= 0.6 is 0 Å². The van der Waals surface area contributed by atoms with Crippen molar-refractivity contribution in [1.29, 1.82) is 0 Å². The van der Waals surface area contributed by atoms with E-state index in [2.05, 4.69) is 39.2 Å². The summed E-state index contributed by atoms with van der Waals surface area (Å²) in [6.45, 7) is 7.43. The zero-order valence-corrected chi connectivity index (χ0v) is 34.1. The molecule has 312 valence electrons. The van der Waals surface area contributed by atoms with Gasteiger partial charge in [-0.3, -0.25) is 14.9 Å². The Morgan fingerprint density at radius 1 is 0.645 bits per heavy atom. The molecule has 3 aliphatic heterocycles. The van der Waals surface area contributed by atoms with Crippen molar-refractivity contribution in [3.63, 3.8) is 0 Å².